The molecule has 2 fully saturated rings. The van der Waals surface area contributed by atoms with Gasteiger partial charge in [-0.2, -0.15) is 0 Å². The van der Waals surface area contributed by atoms with E-state index in [1.165, 1.54) is 16.7 Å². The molecule has 0 atom stereocenters. The number of nitrogens with zero attached hydrogens (tertiary/aromatic N) is 3. The lowest BCUT2D eigenvalue weighted by Gasteiger charge is -2.35. The molecule has 0 N–H and O–H groups in total. The highest BCUT2D eigenvalue weighted by molar-refractivity contribution is 8.00. The summed E-state index contributed by atoms with van der Waals surface area (Å²) in [5.74, 6) is -0.661. The van der Waals surface area contributed by atoms with E-state index in [4.69, 9.17) is 16.3 Å². The van der Waals surface area contributed by atoms with Crippen LogP contribution < -0.4 is 0 Å². The lowest BCUT2D eigenvalue weighted by molar-refractivity contribution is -0.155. The quantitative estimate of drug-likeness (QED) is 0.517. The van der Waals surface area contributed by atoms with E-state index in [-0.39, 0.29) is 5.91 Å². The van der Waals surface area contributed by atoms with Crippen LogP contribution in [0.2, 0.25) is 5.02 Å². The number of hydrogen-bond donors (Lipinski definition) is 0. The van der Waals surface area contributed by atoms with Crippen LogP contribution in [0.15, 0.2) is 41.3 Å². The molecule has 2 aliphatic heterocycles. The topological polar surface area (TPSA) is 70.2 Å². The van der Waals surface area contributed by atoms with E-state index in [0.717, 1.165) is 15.7 Å². The van der Waals surface area contributed by atoms with E-state index in [1.54, 1.807) is 9.80 Å². The van der Waals surface area contributed by atoms with Gasteiger partial charge in [0, 0.05) is 54.6 Å². The molecule has 4 rings (SSSR count). The first-order chi connectivity index (χ1) is 15.0. The van der Waals surface area contributed by atoms with Crippen molar-refractivity contribution < 1.29 is 19.1 Å². The SMILES string of the molecule is O=C(CSc1cccc2cccc(Cl)c12)N1CCN(C(=O)C(=O)N2CCOCC2)CC1. The van der Waals surface area contributed by atoms with E-state index in [2.05, 4.69) is 0 Å². The second-order valence-corrected chi connectivity index (χ2v) is 8.88. The first kappa shape index (κ1) is 21.9. The van der Waals surface area contributed by atoms with Gasteiger partial charge in [-0.05, 0) is 17.5 Å². The van der Waals surface area contributed by atoms with Crippen LogP contribution in [0, 0.1) is 0 Å². The maximum Gasteiger partial charge on any atom is 0.312 e. The Morgan fingerprint density at radius 2 is 1.42 bits per heavy atom. The molecule has 7 nitrogen and oxygen atoms in total. The van der Waals surface area contributed by atoms with Gasteiger partial charge in [0.15, 0.2) is 0 Å². The molecule has 0 unspecified atom stereocenters. The van der Waals surface area contributed by atoms with Gasteiger partial charge in [0.25, 0.3) is 0 Å². The lowest BCUT2D eigenvalue weighted by atomic mass is 10.1. The Morgan fingerprint density at radius 3 is 2.10 bits per heavy atom. The Hall–Kier alpha value is -2.29. The molecule has 3 amide bonds. The minimum atomic E-state index is -0.492. The molecule has 0 saturated carbocycles. The first-order valence-corrected chi connectivity index (χ1v) is 11.6. The molecule has 31 heavy (non-hydrogen) atoms. The fourth-order valence-electron chi connectivity index (χ4n) is 3.81. The zero-order valence-electron chi connectivity index (χ0n) is 17.1. The van der Waals surface area contributed by atoms with Crippen LogP contribution in [0.25, 0.3) is 10.8 Å². The Bertz CT molecular complexity index is 983. The lowest BCUT2D eigenvalue weighted by Crippen LogP contribution is -2.55. The fourth-order valence-corrected chi connectivity index (χ4v) is 5.16. The van der Waals surface area contributed by atoms with Crippen molar-refractivity contribution in [3.05, 3.63) is 41.4 Å². The average Bonchev–Trinajstić information content (AvgIpc) is 2.82. The summed E-state index contributed by atoms with van der Waals surface area (Å²) in [5.41, 5.74) is 0. The van der Waals surface area contributed by atoms with Gasteiger partial charge in [-0.1, -0.05) is 35.9 Å². The second-order valence-electron chi connectivity index (χ2n) is 7.46. The summed E-state index contributed by atoms with van der Waals surface area (Å²) in [6.45, 7) is 3.39. The number of amides is 3. The van der Waals surface area contributed by atoms with Crippen molar-refractivity contribution >= 4 is 51.9 Å². The second kappa shape index (κ2) is 9.89. The maximum absolute atomic E-state index is 12.7. The van der Waals surface area contributed by atoms with E-state index in [9.17, 15) is 14.4 Å². The number of rotatable bonds is 3. The van der Waals surface area contributed by atoms with Gasteiger partial charge in [0.05, 0.1) is 19.0 Å². The van der Waals surface area contributed by atoms with Crippen molar-refractivity contribution in [1.82, 2.24) is 14.7 Å². The zero-order valence-corrected chi connectivity index (χ0v) is 18.7. The molecule has 0 aromatic heterocycles. The van der Waals surface area contributed by atoms with Crippen molar-refractivity contribution in [1.29, 1.82) is 0 Å². The number of carbonyl (C=O) groups excluding carboxylic acids is 3. The summed E-state index contributed by atoms with van der Waals surface area (Å²) in [5, 5.41) is 2.67. The predicted octanol–water partition coefficient (Wildman–Crippen LogP) is 2.11. The van der Waals surface area contributed by atoms with E-state index < -0.39 is 11.8 Å². The highest BCUT2D eigenvalue weighted by Gasteiger charge is 2.31. The van der Waals surface area contributed by atoms with Crippen molar-refractivity contribution in [3.8, 4) is 0 Å². The maximum atomic E-state index is 12.7. The van der Waals surface area contributed by atoms with Gasteiger partial charge < -0.3 is 19.4 Å². The van der Waals surface area contributed by atoms with Gasteiger partial charge in [-0.25, -0.2) is 0 Å². The first-order valence-electron chi connectivity index (χ1n) is 10.3. The molecular formula is C22H24ClN3O4S. The van der Waals surface area contributed by atoms with Crippen LogP contribution in [0.1, 0.15) is 0 Å². The van der Waals surface area contributed by atoms with Crippen LogP contribution in [0.4, 0.5) is 0 Å². The molecule has 2 aromatic rings. The third-order valence-electron chi connectivity index (χ3n) is 5.57. The molecule has 2 aromatic carbocycles. The number of thioether (sulfide) groups is 1. The predicted molar refractivity (Wildman–Crippen MR) is 120 cm³/mol. The Balaban J connectivity index is 1.30. The number of hydrogen-bond acceptors (Lipinski definition) is 5. The van der Waals surface area contributed by atoms with Crippen LogP contribution in [-0.2, 0) is 19.1 Å². The van der Waals surface area contributed by atoms with Crippen molar-refractivity contribution in [2.75, 3.05) is 58.2 Å². The fraction of sp³-hybridized carbons (Fsp3) is 0.409. The van der Waals surface area contributed by atoms with Crippen molar-refractivity contribution in [2.45, 2.75) is 4.90 Å². The molecule has 9 heteroatoms. The van der Waals surface area contributed by atoms with Gasteiger partial charge in [0.2, 0.25) is 5.91 Å². The number of carbonyl (C=O) groups is 3. The zero-order chi connectivity index (χ0) is 21.8. The minimum absolute atomic E-state index is 0.0145. The van der Waals surface area contributed by atoms with Gasteiger partial charge in [0.1, 0.15) is 0 Å². The Labute approximate surface area is 190 Å². The summed E-state index contributed by atoms with van der Waals surface area (Å²) in [7, 11) is 0. The molecule has 0 aliphatic carbocycles. The molecule has 164 valence electrons. The largest absolute Gasteiger partial charge is 0.378 e. The Kier molecular flexibility index (Phi) is 6.99. The number of ether oxygens (including phenoxy) is 1. The van der Waals surface area contributed by atoms with Crippen molar-refractivity contribution in [2.24, 2.45) is 0 Å². The number of benzene rings is 2. The smallest absolute Gasteiger partial charge is 0.312 e. The molecule has 2 saturated heterocycles. The number of piperazine rings is 1. The molecular weight excluding hydrogens is 438 g/mol. The van der Waals surface area contributed by atoms with Crippen LogP contribution in [-0.4, -0.2) is 90.7 Å². The minimum Gasteiger partial charge on any atom is -0.378 e. The number of fused-ring (bicyclic) bond motifs is 1. The van der Waals surface area contributed by atoms with Crippen molar-refractivity contribution in [3.63, 3.8) is 0 Å². The third kappa shape index (κ3) is 4.97. The summed E-state index contributed by atoms with van der Waals surface area (Å²) in [6.07, 6.45) is 0. The molecule has 0 radical (unpaired) electrons. The highest BCUT2D eigenvalue weighted by atomic mass is 35.5. The summed E-state index contributed by atoms with van der Waals surface area (Å²) < 4.78 is 5.23. The van der Waals surface area contributed by atoms with E-state index in [1.807, 2.05) is 36.4 Å². The summed E-state index contributed by atoms with van der Waals surface area (Å²) in [6, 6.07) is 11.7. The number of morpholine rings is 1. The summed E-state index contributed by atoms with van der Waals surface area (Å²) >= 11 is 7.84. The number of halogens is 1. The molecule has 2 heterocycles. The van der Waals surface area contributed by atoms with Crippen LogP contribution in [0.5, 0.6) is 0 Å². The van der Waals surface area contributed by atoms with Crippen LogP contribution in [0.3, 0.4) is 0 Å². The van der Waals surface area contributed by atoms with Gasteiger partial charge >= 0.3 is 11.8 Å². The normalized spacial score (nSPS) is 17.1. The summed E-state index contributed by atoms with van der Waals surface area (Å²) in [4.78, 5) is 43.4. The molecule has 0 bridgehead atoms. The monoisotopic (exact) mass is 461 g/mol. The van der Waals surface area contributed by atoms with Gasteiger partial charge in [-0.15, -0.1) is 11.8 Å². The average molecular weight is 462 g/mol. The van der Waals surface area contributed by atoms with E-state index >= 15 is 0 Å². The third-order valence-corrected chi connectivity index (χ3v) is 6.93. The molecule has 0 spiro atoms. The molecule has 2 aliphatic rings. The standard InChI is InChI=1S/C22H24ClN3O4S/c23-17-5-1-3-16-4-2-6-18(20(16)17)31-15-19(27)24-7-9-25(10-8-24)21(28)22(29)26-11-13-30-14-12-26/h1-6H,7-15H2. The Morgan fingerprint density at radius 1 is 0.839 bits per heavy atom. The van der Waals surface area contributed by atoms with Crippen LogP contribution >= 0.6 is 23.4 Å². The van der Waals surface area contributed by atoms with E-state index in [0.29, 0.717) is 63.3 Å². The highest BCUT2D eigenvalue weighted by Crippen LogP contribution is 2.33. The van der Waals surface area contributed by atoms with Gasteiger partial charge in [-0.3, -0.25) is 14.4 Å².